The smallest absolute Gasteiger partial charge is 0.191 e. The second-order valence-electron chi connectivity index (χ2n) is 6.59. The van der Waals surface area contributed by atoms with E-state index in [2.05, 4.69) is 56.8 Å². The van der Waals surface area contributed by atoms with Gasteiger partial charge in [-0.3, -0.25) is 14.6 Å². The highest BCUT2D eigenvalue weighted by Gasteiger charge is 2.20. The summed E-state index contributed by atoms with van der Waals surface area (Å²) in [5, 5.41) is 11.0. The van der Waals surface area contributed by atoms with Crippen molar-refractivity contribution in [2.75, 3.05) is 20.1 Å². The van der Waals surface area contributed by atoms with Gasteiger partial charge >= 0.3 is 0 Å². The lowest BCUT2D eigenvalue weighted by Crippen LogP contribution is -2.47. The number of guanidine groups is 1. The summed E-state index contributed by atoms with van der Waals surface area (Å²) in [6.45, 7) is 5.99. The standard InChI is InChI=1S/C19H28N6/c1-15(25-11-9-16-6-4-5-7-17(16)14-25)12-21-19(20-2)22-13-18-8-10-23-24(18)3/h4-8,10,15H,9,11-14H2,1-3H3,(H2,20,21,22). The molecule has 1 aromatic heterocycles. The number of hydrogen-bond acceptors (Lipinski definition) is 3. The second kappa shape index (κ2) is 8.16. The number of hydrogen-bond donors (Lipinski definition) is 2. The molecule has 2 N–H and O–H groups in total. The Morgan fingerprint density at radius 3 is 2.76 bits per heavy atom. The maximum absolute atomic E-state index is 4.32. The Hall–Kier alpha value is -2.34. The van der Waals surface area contributed by atoms with Crippen LogP contribution in [0.5, 0.6) is 0 Å². The molecule has 2 heterocycles. The molecular formula is C19H28N6. The van der Waals surface area contributed by atoms with E-state index in [1.165, 1.54) is 11.1 Å². The average molecular weight is 340 g/mol. The van der Waals surface area contributed by atoms with Crippen LogP contribution in [0, 0.1) is 0 Å². The van der Waals surface area contributed by atoms with E-state index >= 15 is 0 Å². The lowest BCUT2D eigenvalue weighted by molar-refractivity contribution is 0.191. The van der Waals surface area contributed by atoms with Gasteiger partial charge in [-0.1, -0.05) is 24.3 Å². The molecule has 0 fully saturated rings. The van der Waals surface area contributed by atoms with E-state index in [-0.39, 0.29) is 0 Å². The summed E-state index contributed by atoms with van der Waals surface area (Å²) in [6, 6.07) is 11.2. The number of fused-ring (bicyclic) bond motifs is 1. The van der Waals surface area contributed by atoms with Crippen LogP contribution in [0.25, 0.3) is 0 Å². The number of aromatic nitrogens is 2. The highest BCUT2D eigenvalue weighted by molar-refractivity contribution is 5.79. The van der Waals surface area contributed by atoms with Crippen LogP contribution in [0.1, 0.15) is 23.7 Å². The van der Waals surface area contributed by atoms with Gasteiger partial charge in [0.15, 0.2) is 5.96 Å². The van der Waals surface area contributed by atoms with Crippen molar-refractivity contribution in [1.82, 2.24) is 25.3 Å². The molecule has 1 aromatic carbocycles. The number of benzene rings is 1. The first-order valence-corrected chi connectivity index (χ1v) is 8.89. The molecule has 134 valence electrons. The third kappa shape index (κ3) is 4.39. The molecule has 0 amide bonds. The zero-order valence-electron chi connectivity index (χ0n) is 15.4. The summed E-state index contributed by atoms with van der Waals surface area (Å²) in [5.74, 6) is 0.824. The van der Waals surface area contributed by atoms with Crippen LogP contribution in [0.15, 0.2) is 41.5 Å². The second-order valence-corrected chi connectivity index (χ2v) is 6.59. The minimum absolute atomic E-state index is 0.448. The molecule has 2 aromatic rings. The van der Waals surface area contributed by atoms with Gasteiger partial charge in [-0.05, 0) is 30.5 Å². The molecule has 1 unspecified atom stereocenters. The third-order valence-corrected chi connectivity index (χ3v) is 4.93. The van der Waals surface area contributed by atoms with Crippen LogP contribution in [-0.2, 0) is 26.6 Å². The van der Waals surface area contributed by atoms with E-state index in [0.717, 1.165) is 37.7 Å². The Kier molecular flexibility index (Phi) is 5.71. The SMILES string of the molecule is CN=C(NCc1ccnn1C)NCC(C)N1CCc2ccccc2C1. The summed E-state index contributed by atoms with van der Waals surface area (Å²) < 4.78 is 1.87. The van der Waals surface area contributed by atoms with E-state index in [0.29, 0.717) is 12.6 Å². The van der Waals surface area contributed by atoms with Crippen molar-refractivity contribution in [3.05, 3.63) is 53.3 Å². The average Bonchev–Trinajstić information content (AvgIpc) is 3.06. The van der Waals surface area contributed by atoms with E-state index in [9.17, 15) is 0 Å². The number of nitrogens with one attached hydrogen (secondary N) is 2. The molecule has 1 aliphatic rings. The first-order chi connectivity index (χ1) is 12.2. The predicted octanol–water partition coefficient (Wildman–Crippen LogP) is 1.53. The number of aliphatic imine (C=N–C) groups is 1. The highest BCUT2D eigenvalue weighted by Crippen LogP contribution is 2.19. The first kappa shape index (κ1) is 17.5. The predicted molar refractivity (Wildman–Crippen MR) is 101 cm³/mol. The fourth-order valence-electron chi connectivity index (χ4n) is 3.24. The highest BCUT2D eigenvalue weighted by atomic mass is 15.3. The van der Waals surface area contributed by atoms with Crippen LogP contribution < -0.4 is 10.6 Å². The van der Waals surface area contributed by atoms with Crippen LogP contribution in [-0.4, -0.2) is 46.8 Å². The van der Waals surface area contributed by atoms with Crippen molar-refractivity contribution < 1.29 is 0 Å². The van der Waals surface area contributed by atoms with Gasteiger partial charge in [-0.25, -0.2) is 0 Å². The Morgan fingerprint density at radius 1 is 1.24 bits per heavy atom. The van der Waals surface area contributed by atoms with Gasteiger partial charge in [0.1, 0.15) is 0 Å². The number of nitrogens with zero attached hydrogens (tertiary/aromatic N) is 4. The number of aryl methyl sites for hydroxylation is 1. The molecule has 25 heavy (non-hydrogen) atoms. The molecular weight excluding hydrogens is 312 g/mol. The van der Waals surface area contributed by atoms with Crippen LogP contribution in [0.4, 0.5) is 0 Å². The van der Waals surface area contributed by atoms with Crippen molar-refractivity contribution in [3.63, 3.8) is 0 Å². The van der Waals surface area contributed by atoms with Crippen molar-refractivity contribution in [2.24, 2.45) is 12.0 Å². The maximum atomic E-state index is 4.32. The van der Waals surface area contributed by atoms with Gasteiger partial charge in [-0.2, -0.15) is 5.10 Å². The fraction of sp³-hybridized carbons (Fsp3) is 0.474. The minimum Gasteiger partial charge on any atom is -0.355 e. The molecule has 0 aliphatic carbocycles. The van der Waals surface area contributed by atoms with Gasteiger partial charge in [0.05, 0.1) is 12.2 Å². The Labute approximate surface area is 149 Å². The monoisotopic (exact) mass is 340 g/mol. The molecule has 3 rings (SSSR count). The van der Waals surface area contributed by atoms with Gasteiger partial charge < -0.3 is 10.6 Å². The zero-order valence-corrected chi connectivity index (χ0v) is 15.4. The molecule has 0 spiro atoms. The normalized spacial score (nSPS) is 16.4. The Bertz CT molecular complexity index is 720. The van der Waals surface area contributed by atoms with Crippen molar-refractivity contribution in [1.29, 1.82) is 0 Å². The molecule has 6 heteroatoms. The van der Waals surface area contributed by atoms with Gasteiger partial charge in [0.25, 0.3) is 0 Å². The lowest BCUT2D eigenvalue weighted by Gasteiger charge is -2.34. The molecule has 0 radical (unpaired) electrons. The number of rotatable bonds is 5. The van der Waals surface area contributed by atoms with Crippen molar-refractivity contribution in [3.8, 4) is 0 Å². The molecule has 0 bridgehead atoms. The summed E-state index contributed by atoms with van der Waals surface area (Å²) in [7, 11) is 3.75. The third-order valence-electron chi connectivity index (χ3n) is 4.93. The quantitative estimate of drug-likeness (QED) is 0.640. The van der Waals surface area contributed by atoms with E-state index in [4.69, 9.17) is 0 Å². The molecule has 6 nitrogen and oxygen atoms in total. The minimum atomic E-state index is 0.448. The summed E-state index contributed by atoms with van der Waals surface area (Å²) >= 11 is 0. The van der Waals surface area contributed by atoms with E-state index < -0.39 is 0 Å². The molecule has 1 atom stereocenters. The Morgan fingerprint density at radius 2 is 2.04 bits per heavy atom. The fourth-order valence-corrected chi connectivity index (χ4v) is 3.24. The van der Waals surface area contributed by atoms with Crippen LogP contribution in [0.3, 0.4) is 0 Å². The Balaban J connectivity index is 1.48. The summed E-state index contributed by atoms with van der Waals surface area (Å²) in [6.07, 6.45) is 2.94. The zero-order chi connectivity index (χ0) is 17.6. The topological polar surface area (TPSA) is 57.5 Å². The maximum Gasteiger partial charge on any atom is 0.191 e. The first-order valence-electron chi connectivity index (χ1n) is 8.89. The molecule has 0 saturated carbocycles. The van der Waals surface area contributed by atoms with Crippen LogP contribution in [0.2, 0.25) is 0 Å². The summed E-state index contributed by atoms with van der Waals surface area (Å²) in [4.78, 5) is 6.85. The largest absolute Gasteiger partial charge is 0.355 e. The van der Waals surface area contributed by atoms with Crippen molar-refractivity contribution >= 4 is 5.96 Å². The lowest BCUT2D eigenvalue weighted by atomic mass is 9.99. The van der Waals surface area contributed by atoms with Gasteiger partial charge in [-0.15, -0.1) is 0 Å². The van der Waals surface area contributed by atoms with Crippen LogP contribution >= 0.6 is 0 Å². The van der Waals surface area contributed by atoms with Gasteiger partial charge in [0, 0.05) is 46.0 Å². The van der Waals surface area contributed by atoms with Gasteiger partial charge in [0.2, 0.25) is 0 Å². The molecule has 0 saturated heterocycles. The van der Waals surface area contributed by atoms with Crippen molar-refractivity contribution in [2.45, 2.75) is 32.5 Å². The van der Waals surface area contributed by atoms with E-state index in [1.807, 2.05) is 24.0 Å². The summed E-state index contributed by atoms with van der Waals surface area (Å²) in [5.41, 5.74) is 4.08. The van der Waals surface area contributed by atoms with E-state index in [1.54, 1.807) is 7.05 Å². The molecule has 1 aliphatic heterocycles.